The first kappa shape index (κ1) is 19.2. The van der Waals surface area contributed by atoms with Gasteiger partial charge in [-0.15, -0.1) is 0 Å². The Hall–Kier alpha value is -3.18. The smallest absolute Gasteiger partial charge is 0.266 e. The van der Waals surface area contributed by atoms with Gasteiger partial charge in [-0.2, -0.15) is 0 Å². The fourth-order valence-electron chi connectivity index (χ4n) is 3.05. The molecule has 144 valence electrons. The van der Waals surface area contributed by atoms with E-state index in [-0.39, 0.29) is 11.7 Å². The molecular formula is C24H19FN2OS. The van der Waals surface area contributed by atoms with E-state index in [1.807, 2.05) is 43.3 Å². The molecule has 0 saturated carbocycles. The quantitative estimate of drug-likeness (QED) is 0.493. The van der Waals surface area contributed by atoms with Gasteiger partial charge in [0, 0.05) is 6.54 Å². The summed E-state index contributed by atoms with van der Waals surface area (Å²) in [7, 11) is 0. The monoisotopic (exact) mass is 402 g/mol. The van der Waals surface area contributed by atoms with Crippen LogP contribution in [-0.4, -0.2) is 22.5 Å². The number of thioether (sulfide) groups is 1. The summed E-state index contributed by atoms with van der Waals surface area (Å²) in [6, 6.07) is 24.2. The number of nitrogens with zero attached hydrogens (tertiary/aromatic N) is 2. The van der Waals surface area contributed by atoms with Crippen LogP contribution in [0.3, 0.4) is 0 Å². The molecule has 1 fully saturated rings. The van der Waals surface area contributed by atoms with Crippen LogP contribution in [0.25, 0.3) is 17.2 Å². The summed E-state index contributed by atoms with van der Waals surface area (Å²) in [4.78, 5) is 19.6. The lowest BCUT2D eigenvalue weighted by Crippen LogP contribution is -2.28. The minimum atomic E-state index is -0.309. The average Bonchev–Trinajstić information content (AvgIpc) is 3.05. The highest BCUT2D eigenvalue weighted by Gasteiger charge is 2.32. The summed E-state index contributed by atoms with van der Waals surface area (Å²) in [5.74, 6) is -0.374. The number of amides is 1. The van der Waals surface area contributed by atoms with Gasteiger partial charge < -0.3 is 0 Å². The van der Waals surface area contributed by atoms with Gasteiger partial charge in [-0.1, -0.05) is 54.6 Å². The summed E-state index contributed by atoms with van der Waals surface area (Å²) in [5, 5.41) is 0.608. The number of likely N-dealkylation sites (N-methyl/N-ethyl adjacent to an activating group) is 1. The van der Waals surface area contributed by atoms with Crippen molar-refractivity contribution < 1.29 is 9.18 Å². The predicted molar refractivity (Wildman–Crippen MR) is 118 cm³/mol. The summed E-state index contributed by atoms with van der Waals surface area (Å²) in [5.41, 5.74) is 3.86. The van der Waals surface area contributed by atoms with Crippen molar-refractivity contribution >= 4 is 34.6 Å². The first-order valence-corrected chi connectivity index (χ1v) is 10.2. The Bertz CT molecular complexity index is 1070. The molecule has 1 heterocycles. The number of hydrogen-bond donors (Lipinski definition) is 0. The average molecular weight is 402 g/mol. The van der Waals surface area contributed by atoms with Crippen molar-refractivity contribution in [2.24, 2.45) is 4.99 Å². The molecule has 3 aromatic rings. The fourth-order valence-corrected chi connectivity index (χ4v) is 4.11. The molecule has 1 amide bonds. The summed E-state index contributed by atoms with van der Waals surface area (Å²) < 4.78 is 13.1. The molecule has 3 nitrogen and oxygen atoms in total. The largest absolute Gasteiger partial charge is 0.287 e. The molecule has 29 heavy (non-hydrogen) atoms. The third-order valence-electron chi connectivity index (χ3n) is 4.57. The van der Waals surface area contributed by atoms with E-state index in [2.05, 4.69) is 29.3 Å². The number of aliphatic imine (C=N–C) groups is 1. The molecule has 0 atom stereocenters. The molecule has 0 aromatic heterocycles. The van der Waals surface area contributed by atoms with Crippen molar-refractivity contribution in [2.45, 2.75) is 6.92 Å². The van der Waals surface area contributed by atoms with Crippen LogP contribution in [0.4, 0.5) is 10.1 Å². The highest BCUT2D eigenvalue weighted by atomic mass is 32.2. The van der Waals surface area contributed by atoms with Gasteiger partial charge >= 0.3 is 0 Å². The van der Waals surface area contributed by atoms with Gasteiger partial charge in [-0.25, -0.2) is 9.38 Å². The molecule has 1 aliphatic heterocycles. The van der Waals surface area contributed by atoms with Crippen LogP contribution in [0.1, 0.15) is 12.5 Å². The van der Waals surface area contributed by atoms with Gasteiger partial charge in [0.1, 0.15) is 5.82 Å². The lowest BCUT2D eigenvalue weighted by molar-refractivity contribution is -0.122. The van der Waals surface area contributed by atoms with Crippen molar-refractivity contribution in [1.82, 2.24) is 4.90 Å². The maximum Gasteiger partial charge on any atom is 0.266 e. The molecular weight excluding hydrogens is 383 g/mol. The van der Waals surface area contributed by atoms with E-state index >= 15 is 0 Å². The standard InChI is InChI=1S/C24H19FN2OS/c1-2-27-23(28)22(29-24(27)26-21-14-12-20(25)13-15-21)16-17-8-10-19(11-9-17)18-6-4-3-5-7-18/h3-16H,2H2,1H3/b22-16+,26-24?. The van der Waals surface area contributed by atoms with Crippen LogP contribution in [0, 0.1) is 5.82 Å². The van der Waals surface area contributed by atoms with Crippen molar-refractivity contribution in [2.75, 3.05) is 6.54 Å². The molecule has 0 radical (unpaired) electrons. The van der Waals surface area contributed by atoms with Crippen LogP contribution in [0.5, 0.6) is 0 Å². The van der Waals surface area contributed by atoms with Crippen molar-refractivity contribution in [1.29, 1.82) is 0 Å². The Morgan fingerprint density at radius 1 is 0.931 bits per heavy atom. The minimum absolute atomic E-state index is 0.0644. The van der Waals surface area contributed by atoms with E-state index in [9.17, 15) is 9.18 Å². The number of benzene rings is 3. The van der Waals surface area contributed by atoms with Crippen LogP contribution in [0.2, 0.25) is 0 Å². The van der Waals surface area contributed by atoms with E-state index in [1.54, 1.807) is 17.0 Å². The lowest BCUT2D eigenvalue weighted by Gasteiger charge is -2.11. The molecule has 1 aliphatic rings. The number of carbonyl (C=O) groups is 1. The second-order valence-corrected chi connectivity index (χ2v) is 7.53. The summed E-state index contributed by atoms with van der Waals surface area (Å²) in [6.45, 7) is 2.44. The second kappa shape index (κ2) is 8.45. The summed E-state index contributed by atoms with van der Waals surface area (Å²) >= 11 is 1.34. The van der Waals surface area contributed by atoms with Gasteiger partial charge in [0.05, 0.1) is 10.6 Å². The Morgan fingerprint density at radius 3 is 2.24 bits per heavy atom. The van der Waals surface area contributed by atoms with Gasteiger partial charge in [0.2, 0.25) is 0 Å². The maximum atomic E-state index is 13.1. The van der Waals surface area contributed by atoms with E-state index in [1.165, 1.54) is 23.9 Å². The SMILES string of the molecule is CCN1C(=O)/C(=C\c2ccc(-c3ccccc3)cc2)SC1=Nc1ccc(F)cc1. The van der Waals surface area contributed by atoms with Gasteiger partial charge in [0.15, 0.2) is 5.17 Å². The Kier molecular flexibility index (Phi) is 5.58. The normalized spacial score (nSPS) is 16.8. The molecule has 0 unspecified atom stereocenters. The number of halogens is 1. The number of rotatable bonds is 4. The highest BCUT2D eigenvalue weighted by Crippen LogP contribution is 2.34. The van der Waals surface area contributed by atoms with E-state index in [0.29, 0.717) is 22.3 Å². The van der Waals surface area contributed by atoms with Crippen molar-refractivity contribution in [3.63, 3.8) is 0 Å². The number of hydrogen-bond acceptors (Lipinski definition) is 3. The zero-order valence-corrected chi connectivity index (χ0v) is 16.7. The van der Waals surface area contributed by atoms with Crippen LogP contribution in [0.15, 0.2) is 88.8 Å². The van der Waals surface area contributed by atoms with Crippen LogP contribution in [-0.2, 0) is 4.79 Å². The van der Waals surface area contributed by atoms with Gasteiger partial charge in [-0.3, -0.25) is 9.69 Å². The van der Waals surface area contributed by atoms with Gasteiger partial charge in [0.25, 0.3) is 5.91 Å². The predicted octanol–water partition coefficient (Wildman–Crippen LogP) is 6.12. The first-order valence-electron chi connectivity index (χ1n) is 9.35. The Morgan fingerprint density at radius 2 is 1.59 bits per heavy atom. The van der Waals surface area contributed by atoms with Gasteiger partial charge in [-0.05, 0) is 65.7 Å². The van der Waals surface area contributed by atoms with Crippen molar-refractivity contribution in [3.05, 3.63) is 95.1 Å². The molecule has 0 spiro atoms. The van der Waals surface area contributed by atoms with E-state index < -0.39 is 0 Å². The fraction of sp³-hybridized carbons (Fsp3) is 0.0833. The Balaban J connectivity index is 1.59. The second-order valence-electron chi connectivity index (χ2n) is 6.52. The molecule has 0 bridgehead atoms. The van der Waals surface area contributed by atoms with Crippen molar-refractivity contribution in [3.8, 4) is 11.1 Å². The number of amidine groups is 1. The topological polar surface area (TPSA) is 32.7 Å². The maximum absolute atomic E-state index is 13.1. The summed E-state index contributed by atoms with van der Waals surface area (Å²) in [6.07, 6.45) is 1.89. The molecule has 0 aliphatic carbocycles. The first-order chi connectivity index (χ1) is 14.1. The molecule has 3 aromatic carbocycles. The minimum Gasteiger partial charge on any atom is -0.287 e. The molecule has 0 N–H and O–H groups in total. The molecule has 4 rings (SSSR count). The Labute approximate surface area is 173 Å². The highest BCUT2D eigenvalue weighted by molar-refractivity contribution is 8.18. The van der Waals surface area contributed by atoms with E-state index in [4.69, 9.17) is 0 Å². The third-order valence-corrected chi connectivity index (χ3v) is 5.58. The van der Waals surface area contributed by atoms with Crippen LogP contribution >= 0.6 is 11.8 Å². The number of carbonyl (C=O) groups excluding carboxylic acids is 1. The zero-order valence-electron chi connectivity index (χ0n) is 15.9. The van der Waals surface area contributed by atoms with Crippen LogP contribution < -0.4 is 0 Å². The van der Waals surface area contributed by atoms with E-state index in [0.717, 1.165) is 16.7 Å². The molecule has 5 heteroatoms. The molecule has 1 saturated heterocycles. The zero-order chi connectivity index (χ0) is 20.2. The lowest BCUT2D eigenvalue weighted by atomic mass is 10.0. The third kappa shape index (κ3) is 4.30.